The van der Waals surface area contributed by atoms with E-state index < -0.39 is 17.6 Å². The molecule has 1 aliphatic heterocycles. The molecule has 0 spiro atoms. The highest BCUT2D eigenvalue weighted by Crippen LogP contribution is 2.34. The largest absolute Gasteiger partial charge is 0.416 e. The van der Waals surface area contributed by atoms with Gasteiger partial charge in [-0.25, -0.2) is 9.99 Å². The SMILES string of the molecule is C=C=C(CN(N=C)C(=O)/C(=C(/CC)NC)N1CCN(C(=O)c2cccc3c2ncn3C)CC1)Nc1ccc(C(F)(F)F)cc1Cl. The number of alkyl halides is 3. The summed E-state index contributed by atoms with van der Waals surface area (Å²) < 4.78 is 41.1. The zero-order valence-corrected chi connectivity index (χ0v) is 26.0. The van der Waals surface area contributed by atoms with Crippen LogP contribution in [0.25, 0.3) is 11.0 Å². The van der Waals surface area contributed by atoms with Crippen molar-refractivity contribution < 1.29 is 22.8 Å². The van der Waals surface area contributed by atoms with Crippen molar-refractivity contribution in [2.75, 3.05) is 45.1 Å². The molecule has 1 fully saturated rings. The Balaban J connectivity index is 1.50. The Bertz CT molecular complexity index is 1680. The van der Waals surface area contributed by atoms with Crippen LogP contribution < -0.4 is 10.6 Å². The fraction of sp³-hybridized carbons (Fsp3) is 0.323. The maximum atomic E-state index is 14.0. The first-order chi connectivity index (χ1) is 21.4. The van der Waals surface area contributed by atoms with Gasteiger partial charge in [0.25, 0.3) is 11.8 Å². The minimum Gasteiger partial charge on any atom is -0.390 e. The number of allylic oxidation sites excluding steroid dienone is 1. The van der Waals surface area contributed by atoms with E-state index in [1.165, 1.54) is 6.07 Å². The number of nitrogens with zero attached hydrogens (tertiary/aromatic N) is 6. The predicted molar refractivity (Wildman–Crippen MR) is 169 cm³/mol. The molecule has 2 amide bonds. The number of carbonyl (C=O) groups excluding carboxylic acids is 2. The first-order valence-electron chi connectivity index (χ1n) is 14.1. The molecular formula is C31H34ClF3N8O2. The van der Waals surface area contributed by atoms with Gasteiger partial charge < -0.3 is 25.0 Å². The number of hydrogen-bond acceptors (Lipinski definition) is 7. The molecule has 2 aromatic carbocycles. The molecule has 1 aliphatic rings. The van der Waals surface area contributed by atoms with E-state index in [9.17, 15) is 22.8 Å². The number of imidazole rings is 1. The molecule has 45 heavy (non-hydrogen) atoms. The predicted octanol–water partition coefficient (Wildman–Crippen LogP) is 5.07. The molecule has 0 aliphatic carbocycles. The summed E-state index contributed by atoms with van der Waals surface area (Å²) in [6, 6.07) is 8.39. The van der Waals surface area contributed by atoms with Gasteiger partial charge in [-0.2, -0.15) is 18.3 Å². The van der Waals surface area contributed by atoms with Crippen LogP contribution in [-0.2, 0) is 18.0 Å². The van der Waals surface area contributed by atoms with E-state index in [0.29, 0.717) is 55.1 Å². The van der Waals surface area contributed by atoms with E-state index in [4.69, 9.17) is 11.6 Å². The lowest BCUT2D eigenvalue weighted by Crippen LogP contribution is -2.51. The minimum atomic E-state index is -4.55. The zero-order valence-electron chi connectivity index (χ0n) is 25.2. The summed E-state index contributed by atoms with van der Waals surface area (Å²) in [5, 5.41) is 10.9. The fourth-order valence-electron chi connectivity index (χ4n) is 5.11. The molecule has 1 aromatic heterocycles. The number of hydrazone groups is 1. The molecule has 0 radical (unpaired) electrons. The second-order valence-electron chi connectivity index (χ2n) is 10.2. The lowest BCUT2D eigenvalue weighted by Gasteiger charge is -2.38. The van der Waals surface area contributed by atoms with Crippen molar-refractivity contribution in [2.45, 2.75) is 19.5 Å². The van der Waals surface area contributed by atoms with E-state index in [0.717, 1.165) is 22.7 Å². The molecule has 4 rings (SSSR count). The van der Waals surface area contributed by atoms with Crippen molar-refractivity contribution in [1.82, 2.24) is 29.7 Å². The van der Waals surface area contributed by atoms with Crippen molar-refractivity contribution in [3.05, 3.63) is 88.3 Å². The fourth-order valence-corrected chi connectivity index (χ4v) is 5.33. The number of nitrogens with one attached hydrogen (secondary N) is 2. The van der Waals surface area contributed by atoms with Crippen LogP contribution in [-0.4, -0.2) is 82.7 Å². The average molecular weight is 643 g/mol. The normalized spacial score (nSPS) is 14.0. The maximum absolute atomic E-state index is 14.0. The standard InChI is InChI=1S/C31H34ClF3N8O2/c1-6-21(39-25-12-11-20(17-23(25)32)31(33,34)35)18-43(37-4)30(45)28(24(7-2)36-3)41-13-15-42(16-14-41)29(44)22-9-8-10-26-27(22)38-19-40(26)5/h8-12,17,19,36,39H,1,4,7,13-16,18H2,2-3,5H3/b28-24+. The van der Waals surface area contributed by atoms with Crippen LogP contribution in [0.4, 0.5) is 18.9 Å². The Kier molecular flexibility index (Phi) is 10.3. The number of rotatable bonds is 10. The van der Waals surface area contributed by atoms with Crippen molar-refractivity contribution >= 4 is 46.9 Å². The van der Waals surface area contributed by atoms with E-state index >= 15 is 0 Å². The summed E-state index contributed by atoms with van der Waals surface area (Å²) in [4.78, 5) is 35.5. The van der Waals surface area contributed by atoms with Crippen molar-refractivity contribution in [3.63, 3.8) is 0 Å². The maximum Gasteiger partial charge on any atom is 0.416 e. The molecule has 0 saturated carbocycles. The third-order valence-corrected chi connectivity index (χ3v) is 7.83. The molecule has 14 heteroatoms. The van der Waals surface area contributed by atoms with Gasteiger partial charge in [0.1, 0.15) is 11.2 Å². The van der Waals surface area contributed by atoms with Crippen LogP contribution in [0.3, 0.4) is 0 Å². The highest BCUT2D eigenvalue weighted by atomic mass is 35.5. The van der Waals surface area contributed by atoms with Crippen LogP contribution in [0.2, 0.25) is 5.02 Å². The third-order valence-electron chi connectivity index (χ3n) is 7.52. The second kappa shape index (κ2) is 13.9. The number of para-hydroxylation sites is 1. The number of halogens is 4. The summed E-state index contributed by atoms with van der Waals surface area (Å²) in [6.07, 6.45) is -2.37. The van der Waals surface area contributed by atoms with Gasteiger partial charge >= 0.3 is 6.18 Å². The van der Waals surface area contributed by atoms with Gasteiger partial charge in [0.2, 0.25) is 0 Å². The summed E-state index contributed by atoms with van der Waals surface area (Å²) in [7, 11) is 3.59. The van der Waals surface area contributed by atoms with Crippen molar-refractivity contribution in [3.8, 4) is 0 Å². The summed E-state index contributed by atoms with van der Waals surface area (Å²) in [6.45, 7) is 10.4. The number of aryl methyl sites for hydroxylation is 1. The quantitative estimate of drug-likeness (QED) is 0.139. The number of hydrogen-bond donors (Lipinski definition) is 2. The van der Waals surface area contributed by atoms with Crippen LogP contribution in [0.15, 0.2) is 77.2 Å². The molecule has 0 unspecified atom stereocenters. The minimum absolute atomic E-state index is 0.136. The van der Waals surface area contributed by atoms with E-state index in [1.54, 1.807) is 24.3 Å². The van der Waals surface area contributed by atoms with E-state index in [-0.39, 0.29) is 28.9 Å². The molecule has 1 saturated heterocycles. The van der Waals surface area contributed by atoms with Gasteiger partial charge in [0, 0.05) is 52.7 Å². The smallest absolute Gasteiger partial charge is 0.390 e. The number of carbonyl (C=O) groups is 2. The van der Waals surface area contributed by atoms with Crippen molar-refractivity contribution in [1.29, 1.82) is 0 Å². The van der Waals surface area contributed by atoms with Crippen LogP contribution in [0.1, 0.15) is 29.3 Å². The number of amides is 2. The first-order valence-corrected chi connectivity index (χ1v) is 14.5. The Morgan fingerprint density at radius 3 is 2.42 bits per heavy atom. The topological polar surface area (TPSA) is 98.1 Å². The van der Waals surface area contributed by atoms with Gasteiger partial charge in [0.05, 0.1) is 45.9 Å². The average Bonchev–Trinajstić information content (AvgIpc) is 3.42. The summed E-state index contributed by atoms with van der Waals surface area (Å²) in [5.74, 6) is -0.606. The zero-order chi connectivity index (χ0) is 32.9. The van der Waals surface area contributed by atoms with E-state index in [1.807, 2.05) is 35.6 Å². The number of piperazine rings is 1. The molecule has 2 N–H and O–H groups in total. The highest BCUT2D eigenvalue weighted by molar-refractivity contribution is 6.33. The Labute approximate surface area is 264 Å². The molecular weight excluding hydrogens is 609 g/mol. The molecule has 0 atom stereocenters. The van der Waals surface area contributed by atoms with Gasteiger partial charge in [-0.15, -0.1) is 5.73 Å². The van der Waals surface area contributed by atoms with E-state index in [2.05, 4.69) is 39.7 Å². The van der Waals surface area contributed by atoms with Gasteiger partial charge in [-0.1, -0.05) is 31.2 Å². The molecule has 238 valence electrons. The van der Waals surface area contributed by atoms with Crippen LogP contribution in [0, 0.1) is 0 Å². The number of benzene rings is 2. The molecule has 2 heterocycles. The second-order valence-corrected chi connectivity index (χ2v) is 10.6. The first kappa shape index (κ1) is 33.2. The summed E-state index contributed by atoms with van der Waals surface area (Å²) in [5.41, 5.74) is 5.22. The summed E-state index contributed by atoms with van der Waals surface area (Å²) >= 11 is 6.11. The lowest BCUT2D eigenvalue weighted by molar-refractivity contribution is -0.137. The van der Waals surface area contributed by atoms with Gasteiger partial charge in [0.15, 0.2) is 0 Å². The Morgan fingerprint density at radius 1 is 1.16 bits per heavy atom. The monoisotopic (exact) mass is 642 g/mol. The van der Waals surface area contributed by atoms with Gasteiger partial charge in [-0.05, 0) is 36.8 Å². The number of fused-ring (bicyclic) bond motifs is 1. The van der Waals surface area contributed by atoms with Crippen LogP contribution >= 0.6 is 11.6 Å². The van der Waals surface area contributed by atoms with Crippen molar-refractivity contribution in [2.24, 2.45) is 12.1 Å². The molecule has 10 nitrogen and oxygen atoms in total. The Hall–Kier alpha value is -4.74. The highest BCUT2D eigenvalue weighted by Gasteiger charge is 2.32. The molecule has 3 aromatic rings. The Morgan fingerprint density at radius 2 is 1.84 bits per heavy atom. The van der Waals surface area contributed by atoms with Gasteiger partial charge in [-0.3, -0.25) is 9.59 Å². The lowest BCUT2D eigenvalue weighted by atomic mass is 10.1. The third kappa shape index (κ3) is 7.16. The van der Waals surface area contributed by atoms with Crippen LogP contribution in [0.5, 0.6) is 0 Å². The molecule has 0 bridgehead atoms. The number of aromatic nitrogens is 2. The number of anilines is 1.